The lowest BCUT2D eigenvalue weighted by molar-refractivity contribution is -0.137. The lowest BCUT2D eigenvalue weighted by atomic mass is 10.2. The van der Waals surface area contributed by atoms with Gasteiger partial charge in [-0.15, -0.1) is 0 Å². The van der Waals surface area contributed by atoms with Crippen molar-refractivity contribution in [2.45, 2.75) is 37.4 Å². The molecule has 0 radical (unpaired) electrons. The lowest BCUT2D eigenvalue weighted by Crippen LogP contribution is -2.33. The summed E-state index contributed by atoms with van der Waals surface area (Å²) >= 11 is 0. The molecule has 8 heteroatoms. The van der Waals surface area contributed by atoms with E-state index in [4.69, 9.17) is 4.84 Å². The molecule has 108 valence electrons. The predicted molar refractivity (Wildman–Crippen MR) is 62.6 cm³/mol. The smallest absolute Gasteiger partial charge is 0.281 e. The third-order valence-electron chi connectivity index (χ3n) is 1.95. The molecule has 0 aromatic heterocycles. The molecule has 4 nitrogen and oxygen atoms in total. The van der Waals surface area contributed by atoms with Crippen LogP contribution in [0.2, 0.25) is 0 Å². The van der Waals surface area contributed by atoms with Gasteiger partial charge in [0.25, 0.3) is 10.0 Å². The Morgan fingerprint density at radius 2 is 1.53 bits per heavy atom. The van der Waals surface area contributed by atoms with Crippen molar-refractivity contribution in [1.29, 1.82) is 0 Å². The van der Waals surface area contributed by atoms with Crippen molar-refractivity contribution < 1.29 is 26.4 Å². The second-order valence-corrected chi connectivity index (χ2v) is 6.47. The van der Waals surface area contributed by atoms with Crippen molar-refractivity contribution in [3.63, 3.8) is 0 Å². The van der Waals surface area contributed by atoms with Crippen LogP contribution in [0.5, 0.6) is 0 Å². The second-order valence-electron chi connectivity index (χ2n) is 4.82. The van der Waals surface area contributed by atoms with Gasteiger partial charge in [0.05, 0.1) is 16.1 Å². The summed E-state index contributed by atoms with van der Waals surface area (Å²) in [5, 5.41) is 0. The van der Waals surface area contributed by atoms with Crippen LogP contribution in [-0.4, -0.2) is 14.0 Å². The van der Waals surface area contributed by atoms with Crippen molar-refractivity contribution in [1.82, 2.24) is 4.89 Å². The molecule has 1 aromatic carbocycles. The van der Waals surface area contributed by atoms with Crippen LogP contribution < -0.4 is 4.89 Å². The number of hydrogen-bond donors (Lipinski definition) is 1. The van der Waals surface area contributed by atoms with Crippen molar-refractivity contribution in [2.24, 2.45) is 0 Å². The first-order valence-electron chi connectivity index (χ1n) is 5.29. The minimum atomic E-state index is -4.50. The summed E-state index contributed by atoms with van der Waals surface area (Å²) in [7, 11) is -4.00. The Morgan fingerprint density at radius 1 is 1.05 bits per heavy atom. The van der Waals surface area contributed by atoms with E-state index in [2.05, 4.69) is 0 Å². The highest BCUT2D eigenvalue weighted by molar-refractivity contribution is 7.89. The number of alkyl halides is 3. The lowest BCUT2D eigenvalue weighted by Gasteiger charge is -2.19. The van der Waals surface area contributed by atoms with Crippen molar-refractivity contribution in [3.05, 3.63) is 29.8 Å². The molecule has 1 N–H and O–H groups in total. The average Bonchev–Trinajstić information content (AvgIpc) is 2.25. The third-order valence-corrected chi connectivity index (χ3v) is 3.15. The predicted octanol–water partition coefficient (Wildman–Crippen LogP) is 2.71. The monoisotopic (exact) mass is 297 g/mol. The first-order valence-corrected chi connectivity index (χ1v) is 6.77. The third kappa shape index (κ3) is 4.81. The van der Waals surface area contributed by atoms with Gasteiger partial charge < -0.3 is 0 Å². The Kier molecular flexibility index (Phi) is 4.28. The van der Waals surface area contributed by atoms with Gasteiger partial charge >= 0.3 is 6.18 Å². The van der Waals surface area contributed by atoms with Crippen molar-refractivity contribution in [3.8, 4) is 0 Å². The summed E-state index contributed by atoms with van der Waals surface area (Å²) in [6.45, 7) is 4.88. The zero-order valence-corrected chi connectivity index (χ0v) is 11.4. The topological polar surface area (TPSA) is 55.4 Å². The molecular weight excluding hydrogens is 283 g/mol. The highest BCUT2D eigenvalue weighted by Crippen LogP contribution is 2.29. The van der Waals surface area contributed by atoms with Crippen LogP contribution in [0.4, 0.5) is 13.2 Å². The van der Waals surface area contributed by atoms with Crippen LogP contribution in [0.1, 0.15) is 26.3 Å². The molecule has 1 rings (SSSR count). The molecule has 0 spiro atoms. The zero-order chi connectivity index (χ0) is 14.9. The fourth-order valence-electron chi connectivity index (χ4n) is 1.05. The quantitative estimate of drug-likeness (QED) is 0.873. The first kappa shape index (κ1) is 15.9. The van der Waals surface area contributed by atoms with Crippen LogP contribution in [0.3, 0.4) is 0 Å². The van der Waals surface area contributed by atoms with Gasteiger partial charge in [-0.3, -0.25) is 4.84 Å². The van der Waals surface area contributed by atoms with Gasteiger partial charge in [0.15, 0.2) is 0 Å². The molecule has 19 heavy (non-hydrogen) atoms. The fraction of sp³-hybridized carbons (Fsp3) is 0.455. The van der Waals surface area contributed by atoms with Gasteiger partial charge in [-0.25, -0.2) is 8.42 Å². The molecule has 0 heterocycles. The van der Waals surface area contributed by atoms with Crippen LogP contribution in [-0.2, 0) is 21.0 Å². The van der Waals surface area contributed by atoms with E-state index >= 15 is 0 Å². The maximum absolute atomic E-state index is 12.3. The van der Waals surface area contributed by atoms with Crippen molar-refractivity contribution in [2.75, 3.05) is 0 Å². The maximum Gasteiger partial charge on any atom is 0.416 e. The molecule has 0 saturated carbocycles. The van der Waals surface area contributed by atoms with Gasteiger partial charge in [0, 0.05) is 0 Å². The zero-order valence-electron chi connectivity index (χ0n) is 10.6. The highest BCUT2D eigenvalue weighted by atomic mass is 32.2. The van der Waals surface area contributed by atoms with Gasteiger partial charge in [0.1, 0.15) is 0 Å². The van der Waals surface area contributed by atoms with E-state index in [1.165, 1.54) is 0 Å². The van der Waals surface area contributed by atoms with Gasteiger partial charge in [-0.2, -0.15) is 13.2 Å². The van der Waals surface area contributed by atoms with E-state index in [-0.39, 0.29) is 4.90 Å². The standard InChI is InChI=1S/C11H14F3NO3S/c1-10(2,3)18-15-19(16,17)9-6-4-8(5-7-9)11(12,13)14/h4-7,15H,1-3H3. The van der Waals surface area contributed by atoms with Crippen LogP contribution >= 0.6 is 0 Å². The van der Waals surface area contributed by atoms with E-state index in [1.54, 1.807) is 20.8 Å². The number of halogens is 3. The molecule has 0 amide bonds. The van der Waals surface area contributed by atoms with Crippen molar-refractivity contribution >= 4 is 10.0 Å². The summed E-state index contributed by atoms with van der Waals surface area (Å²) in [5.74, 6) is 0. The Balaban J connectivity index is 2.92. The van der Waals surface area contributed by atoms with Crippen LogP contribution in [0, 0.1) is 0 Å². The molecule has 0 aliphatic heterocycles. The summed E-state index contributed by atoms with van der Waals surface area (Å²) in [4.78, 5) is 6.45. The molecule has 0 unspecified atom stereocenters. The number of nitrogens with one attached hydrogen (secondary N) is 1. The summed E-state index contributed by atoms with van der Waals surface area (Å²) in [6, 6.07) is 3.14. The van der Waals surface area contributed by atoms with E-state index < -0.39 is 27.4 Å². The summed E-state index contributed by atoms with van der Waals surface area (Å²) in [5.41, 5.74) is -1.66. The Bertz CT molecular complexity index is 530. The Hall–Kier alpha value is -1.12. The SMILES string of the molecule is CC(C)(C)ONS(=O)(=O)c1ccc(C(F)(F)F)cc1. The number of benzene rings is 1. The molecule has 0 fully saturated rings. The van der Waals surface area contributed by atoms with Gasteiger partial charge in [-0.05, 0) is 45.0 Å². The summed E-state index contributed by atoms with van der Waals surface area (Å²) < 4.78 is 60.4. The van der Waals surface area contributed by atoms with E-state index in [1.807, 2.05) is 4.89 Å². The fourth-order valence-corrected chi connectivity index (χ4v) is 2.00. The molecule has 0 atom stereocenters. The molecule has 0 saturated heterocycles. The molecular formula is C11H14F3NO3S. The van der Waals surface area contributed by atoms with E-state index in [9.17, 15) is 21.6 Å². The molecule has 0 aliphatic rings. The second kappa shape index (κ2) is 5.10. The minimum absolute atomic E-state index is 0.301. The normalized spacial score (nSPS) is 13.6. The van der Waals surface area contributed by atoms with E-state index in [0.717, 1.165) is 12.1 Å². The van der Waals surface area contributed by atoms with Gasteiger partial charge in [-0.1, -0.05) is 4.89 Å². The number of rotatable bonds is 3. The largest absolute Gasteiger partial charge is 0.416 e. The number of hydrogen-bond acceptors (Lipinski definition) is 3. The molecule has 1 aromatic rings. The molecule has 0 aliphatic carbocycles. The van der Waals surface area contributed by atoms with E-state index in [0.29, 0.717) is 12.1 Å². The number of sulfonamides is 1. The van der Waals surface area contributed by atoms with Crippen LogP contribution in [0.15, 0.2) is 29.2 Å². The minimum Gasteiger partial charge on any atom is -0.281 e. The average molecular weight is 297 g/mol. The molecule has 0 bridgehead atoms. The Morgan fingerprint density at radius 3 is 1.89 bits per heavy atom. The first-order chi connectivity index (χ1) is 8.42. The summed E-state index contributed by atoms with van der Waals surface area (Å²) in [6.07, 6.45) is -4.50. The van der Waals surface area contributed by atoms with Gasteiger partial charge in [0.2, 0.25) is 0 Å². The Labute approximate surface area is 109 Å². The maximum atomic E-state index is 12.3. The van der Waals surface area contributed by atoms with Crippen LogP contribution in [0.25, 0.3) is 0 Å². The highest BCUT2D eigenvalue weighted by Gasteiger charge is 2.30.